The highest BCUT2D eigenvalue weighted by molar-refractivity contribution is 6.31. The van der Waals surface area contributed by atoms with Crippen LogP contribution in [0, 0.1) is 5.82 Å². The van der Waals surface area contributed by atoms with Crippen molar-refractivity contribution >= 4 is 17.3 Å². The SMILES string of the molecule is CN(CCCNCc1cccc(F)c1Cl)c1ccccc1. The number of halogens is 2. The summed E-state index contributed by atoms with van der Waals surface area (Å²) in [6.07, 6.45) is 1.01. The van der Waals surface area contributed by atoms with E-state index in [9.17, 15) is 4.39 Å². The monoisotopic (exact) mass is 306 g/mol. The smallest absolute Gasteiger partial charge is 0.142 e. The minimum absolute atomic E-state index is 0.214. The molecule has 0 unspecified atom stereocenters. The number of benzene rings is 2. The van der Waals surface area contributed by atoms with Gasteiger partial charge in [-0.05, 0) is 36.7 Å². The summed E-state index contributed by atoms with van der Waals surface area (Å²) in [7, 11) is 2.08. The van der Waals surface area contributed by atoms with E-state index in [4.69, 9.17) is 11.6 Å². The molecule has 4 heteroatoms. The molecule has 0 fully saturated rings. The molecular formula is C17H20ClFN2. The van der Waals surface area contributed by atoms with Gasteiger partial charge in [0.15, 0.2) is 0 Å². The van der Waals surface area contributed by atoms with Crippen LogP contribution in [0.4, 0.5) is 10.1 Å². The Hall–Kier alpha value is -1.58. The lowest BCUT2D eigenvalue weighted by atomic mass is 10.2. The second-order valence-electron chi connectivity index (χ2n) is 5.00. The molecule has 0 radical (unpaired) electrons. The van der Waals surface area contributed by atoms with Gasteiger partial charge in [0.1, 0.15) is 5.82 Å². The van der Waals surface area contributed by atoms with Crippen LogP contribution in [0.1, 0.15) is 12.0 Å². The average molecular weight is 307 g/mol. The fourth-order valence-electron chi connectivity index (χ4n) is 2.16. The molecule has 2 rings (SSSR count). The van der Waals surface area contributed by atoms with Crippen molar-refractivity contribution in [2.75, 3.05) is 25.0 Å². The predicted molar refractivity (Wildman–Crippen MR) is 87.4 cm³/mol. The zero-order valence-corrected chi connectivity index (χ0v) is 12.9. The number of hydrogen-bond acceptors (Lipinski definition) is 2. The molecule has 1 N–H and O–H groups in total. The Bertz CT molecular complexity index is 560. The highest BCUT2D eigenvalue weighted by Crippen LogP contribution is 2.19. The minimum atomic E-state index is -0.361. The summed E-state index contributed by atoms with van der Waals surface area (Å²) in [5.41, 5.74) is 2.01. The lowest BCUT2D eigenvalue weighted by Gasteiger charge is -2.19. The second-order valence-corrected chi connectivity index (χ2v) is 5.38. The summed E-state index contributed by atoms with van der Waals surface area (Å²) in [6.45, 7) is 2.42. The summed E-state index contributed by atoms with van der Waals surface area (Å²) in [6, 6.07) is 15.2. The molecule has 0 aliphatic carbocycles. The predicted octanol–water partition coefficient (Wildman–Crippen LogP) is 4.10. The van der Waals surface area contributed by atoms with Gasteiger partial charge in [-0.25, -0.2) is 4.39 Å². The Labute approximate surface area is 130 Å². The number of para-hydroxylation sites is 1. The molecule has 0 spiro atoms. The van der Waals surface area contributed by atoms with Crippen molar-refractivity contribution in [2.45, 2.75) is 13.0 Å². The minimum Gasteiger partial charge on any atom is -0.375 e. The molecule has 0 saturated heterocycles. The maximum atomic E-state index is 13.3. The lowest BCUT2D eigenvalue weighted by molar-refractivity contribution is 0.616. The number of rotatable bonds is 7. The molecule has 0 amide bonds. The van der Waals surface area contributed by atoms with Gasteiger partial charge in [0.05, 0.1) is 5.02 Å². The van der Waals surface area contributed by atoms with Crippen LogP contribution in [-0.4, -0.2) is 20.1 Å². The fourth-order valence-corrected chi connectivity index (χ4v) is 2.35. The van der Waals surface area contributed by atoms with E-state index in [0.29, 0.717) is 6.54 Å². The largest absolute Gasteiger partial charge is 0.375 e. The zero-order chi connectivity index (χ0) is 15.1. The van der Waals surface area contributed by atoms with E-state index in [1.54, 1.807) is 6.07 Å². The Balaban J connectivity index is 1.70. The first kappa shape index (κ1) is 15.8. The van der Waals surface area contributed by atoms with Crippen LogP contribution in [-0.2, 0) is 6.54 Å². The van der Waals surface area contributed by atoms with E-state index in [2.05, 4.69) is 29.4 Å². The van der Waals surface area contributed by atoms with Crippen LogP contribution in [0.25, 0.3) is 0 Å². The summed E-state index contributed by atoms with van der Waals surface area (Å²) >= 11 is 5.91. The molecule has 2 aromatic carbocycles. The quantitative estimate of drug-likeness (QED) is 0.775. The van der Waals surface area contributed by atoms with Crippen LogP contribution in [0.5, 0.6) is 0 Å². The highest BCUT2D eigenvalue weighted by atomic mass is 35.5. The molecule has 0 aliphatic heterocycles. The molecule has 2 nitrogen and oxygen atoms in total. The normalized spacial score (nSPS) is 10.6. The van der Waals surface area contributed by atoms with Crippen LogP contribution in [0.3, 0.4) is 0 Å². The van der Waals surface area contributed by atoms with E-state index in [1.807, 2.05) is 24.3 Å². The summed E-state index contributed by atoms with van der Waals surface area (Å²) in [5.74, 6) is -0.361. The molecule has 0 heterocycles. The Morgan fingerprint density at radius 3 is 2.62 bits per heavy atom. The third-order valence-electron chi connectivity index (χ3n) is 3.39. The van der Waals surface area contributed by atoms with Gasteiger partial charge in [0.25, 0.3) is 0 Å². The van der Waals surface area contributed by atoms with Crippen LogP contribution in [0.2, 0.25) is 5.02 Å². The Morgan fingerprint density at radius 1 is 1.10 bits per heavy atom. The molecule has 0 aliphatic rings. The van der Waals surface area contributed by atoms with Crippen LogP contribution >= 0.6 is 11.6 Å². The number of nitrogens with one attached hydrogen (secondary N) is 1. The fraction of sp³-hybridized carbons (Fsp3) is 0.294. The van der Waals surface area contributed by atoms with Gasteiger partial charge < -0.3 is 10.2 Å². The van der Waals surface area contributed by atoms with Crippen LogP contribution < -0.4 is 10.2 Å². The van der Waals surface area contributed by atoms with Gasteiger partial charge in [0.2, 0.25) is 0 Å². The van der Waals surface area contributed by atoms with E-state index in [-0.39, 0.29) is 10.8 Å². The third-order valence-corrected chi connectivity index (χ3v) is 3.81. The zero-order valence-electron chi connectivity index (χ0n) is 12.2. The van der Waals surface area contributed by atoms with Crippen molar-refractivity contribution in [1.82, 2.24) is 5.32 Å². The van der Waals surface area contributed by atoms with Gasteiger partial charge in [0, 0.05) is 25.8 Å². The summed E-state index contributed by atoms with van der Waals surface area (Å²) < 4.78 is 13.3. The second kappa shape index (κ2) is 8.01. The van der Waals surface area contributed by atoms with Crippen LogP contribution in [0.15, 0.2) is 48.5 Å². The van der Waals surface area contributed by atoms with Crippen molar-refractivity contribution in [2.24, 2.45) is 0 Å². The Kier molecular flexibility index (Phi) is 6.03. The van der Waals surface area contributed by atoms with Gasteiger partial charge in [-0.3, -0.25) is 0 Å². The first-order valence-corrected chi connectivity index (χ1v) is 7.46. The third kappa shape index (κ3) is 4.73. The topological polar surface area (TPSA) is 15.3 Å². The molecule has 0 saturated carbocycles. The molecule has 21 heavy (non-hydrogen) atoms. The van der Waals surface area contributed by atoms with Gasteiger partial charge in [-0.15, -0.1) is 0 Å². The molecule has 2 aromatic rings. The van der Waals surface area contributed by atoms with Gasteiger partial charge >= 0.3 is 0 Å². The molecule has 0 aromatic heterocycles. The lowest BCUT2D eigenvalue weighted by Crippen LogP contribution is -2.23. The molecule has 112 valence electrons. The van der Waals surface area contributed by atoms with E-state index in [1.165, 1.54) is 11.8 Å². The molecule has 0 atom stereocenters. The van der Waals surface area contributed by atoms with Crippen molar-refractivity contribution in [1.29, 1.82) is 0 Å². The molecule has 0 bridgehead atoms. The van der Waals surface area contributed by atoms with Crippen molar-refractivity contribution in [3.05, 3.63) is 64.9 Å². The van der Waals surface area contributed by atoms with Gasteiger partial charge in [-0.2, -0.15) is 0 Å². The number of hydrogen-bond donors (Lipinski definition) is 1. The van der Waals surface area contributed by atoms with E-state index >= 15 is 0 Å². The maximum absolute atomic E-state index is 13.3. The first-order chi connectivity index (χ1) is 10.2. The van der Waals surface area contributed by atoms with Crippen molar-refractivity contribution < 1.29 is 4.39 Å². The standard InChI is InChI=1S/C17H20ClFN2/c1-21(15-8-3-2-4-9-15)12-6-11-20-13-14-7-5-10-16(19)17(14)18/h2-5,7-10,20H,6,11-13H2,1H3. The first-order valence-electron chi connectivity index (χ1n) is 7.08. The van der Waals surface area contributed by atoms with Gasteiger partial charge in [-0.1, -0.05) is 41.9 Å². The molecular weight excluding hydrogens is 287 g/mol. The summed E-state index contributed by atoms with van der Waals surface area (Å²) in [5, 5.41) is 3.51. The van der Waals surface area contributed by atoms with E-state index in [0.717, 1.165) is 25.1 Å². The summed E-state index contributed by atoms with van der Waals surface area (Å²) in [4.78, 5) is 2.22. The number of nitrogens with zero attached hydrogens (tertiary/aromatic N) is 1. The Morgan fingerprint density at radius 2 is 1.86 bits per heavy atom. The number of anilines is 1. The van der Waals surface area contributed by atoms with E-state index < -0.39 is 0 Å². The highest BCUT2D eigenvalue weighted by Gasteiger charge is 2.05. The average Bonchev–Trinajstić information content (AvgIpc) is 2.51. The maximum Gasteiger partial charge on any atom is 0.142 e. The van der Waals surface area contributed by atoms with Crippen molar-refractivity contribution in [3.63, 3.8) is 0 Å². The van der Waals surface area contributed by atoms with Crippen molar-refractivity contribution in [3.8, 4) is 0 Å².